The quantitative estimate of drug-likeness (QED) is 0.551. The van der Waals surface area contributed by atoms with Crippen LogP contribution in [0.4, 0.5) is 4.39 Å². The number of benzene rings is 2. The second-order valence-corrected chi connectivity index (χ2v) is 9.40. The number of carbonyl (C=O) groups excluding carboxylic acids is 1. The molecule has 8 nitrogen and oxygen atoms in total. The van der Waals surface area contributed by atoms with Crippen molar-refractivity contribution in [1.29, 1.82) is 5.26 Å². The molecule has 0 atom stereocenters. The number of piperazine rings is 1. The number of halogens is 1. The fourth-order valence-corrected chi connectivity index (χ4v) is 5.25. The van der Waals surface area contributed by atoms with E-state index in [4.69, 9.17) is 4.42 Å². The number of oxazole rings is 1. The van der Waals surface area contributed by atoms with Gasteiger partial charge in [0.25, 0.3) is 0 Å². The van der Waals surface area contributed by atoms with Crippen LogP contribution in [0.5, 0.6) is 0 Å². The standard InChI is InChI=1S/C23H21FN4O4S/c24-19-7-3-2-6-18(19)20-16-26-22(32-20)9-10-23(29)27-11-13-28(14-12-27)33(30,31)21-8-4-1-5-17(21)15-25/h1-8,16H,9-14H2. The Labute approximate surface area is 190 Å². The number of nitrogens with zero attached hydrogens (tertiary/aromatic N) is 4. The maximum absolute atomic E-state index is 13.9. The maximum Gasteiger partial charge on any atom is 0.244 e. The van der Waals surface area contributed by atoms with Crippen LogP contribution in [0.15, 0.2) is 64.0 Å². The van der Waals surface area contributed by atoms with Gasteiger partial charge in [-0.25, -0.2) is 17.8 Å². The van der Waals surface area contributed by atoms with Crippen molar-refractivity contribution in [1.82, 2.24) is 14.2 Å². The lowest BCUT2D eigenvalue weighted by molar-refractivity contribution is -0.132. The van der Waals surface area contributed by atoms with Gasteiger partial charge in [0.05, 0.1) is 22.2 Å². The summed E-state index contributed by atoms with van der Waals surface area (Å²) in [6.07, 6.45) is 1.82. The van der Waals surface area contributed by atoms with Crippen LogP contribution in [0, 0.1) is 17.1 Å². The summed E-state index contributed by atoms with van der Waals surface area (Å²) in [6, 6.07) is 14.2. The molecule has 4 rings (SSSR count). The first kappa shape index (κ1) is 22.6. The van der Waals surface area contributed by atoms with Gasteiger partial charge < -0.3 is 9.32 Å². The molecular weight excluding hydrogens is 447 g/mol. The minimum absolute atomic E-state index is 0.0261. The number of aromatic nitrogens is 1. The SMILES string of the molecule is N#Cc1ccccc1S(=O)(=O)N1CCN(C(=O)CCc2ncc(-c3ccccc3F)o2)CC1. The van der Waals surface area contributed by atoms with E-state index in [1.165, 1.54) is 28.7 Å². The Morgan fingerprint density at radius 1 is 1.09 bits per heavy atom. The predicted molar refractivity (Wildman–Crippen MR) is 117 cm³/mol. The van der Waals surface area contributed by atoms with Crippen molar-refractivity contribution < 1.29 is 22.0 Å². The third-order valence-corrected chi connectivity index (χ3v) is 7.42. The summed E-state index contributed by atoms with van der Waals surface area (Å²) in [7, 11) is -3.82. The second-order valence-electron chi connectivity index (χ2n) is 7.49. The summed E-state index contributed by atoms with van der Waals surface area (Å²) in [5, 5.41) is 9.21. The normalized spacial score (nSPS) is 14.7. The number of nitriles is 1. The Morgan fingerprint density at radius 2 is 1.79 bits per heavy atom. The van der Waals surface area contributed by atoms with Crippen LogP contribution in [0.3, 0.4) is 0 Å². The number of carbonyl (C=O) groups is 1. The number of aryl methyl sites for hydroxylation is 1. The van der Waals surface area contributed by atoms with E-state index in [9.17, 15) is 22.9 Å². The molecule has 0 unspecified atom stereocenters. The van der Waals surface area contributed by atoms with Crippen molar-refractivity contribution in [3.63, 3.8) is 0 Å². The molecular formula is C23H21FN4O4S. The molecule has 1 aliphatic rings. The summed E-state index contributed by atoms with van der Waals surface area (Å²) < 4.78 is 46.6. The van der Waals surface area contributed by atoms with E-state index in [2.05, 4.69) is 4.98 Å². The minimum atomic E-state index is -3.82. The fourth-order valence-electron chi connectivity index (χ4n) is 3.68. The molecule has 2 heterocycles. The molecule has 1 amide bonds. The number of hydrogen-bond acceptors (Lipinski definition) is 6. The smallest absolute Gasteiger partial charge is 0.244 e. The van der Waals surface area contributed by atoms with E-state index in [-0.39, 0.29) is 55.4 Å². The molecule has 0 spiro atoms. The van der Waals surface area contributed by atoms with E-state index < -0.39 is 15.8 Å². The van der Waals surface area contributed by atoms with E-state index in [0.717, 1.165) is 0 Å². The number of rotatable bonds is 6. The predicted octanol–water partition coefficient (Wildman–Crippen LogP) is 2.82. The van der Waals surface area contributed by atoms with Gasteiger partial charge in [-0.1, -0.05) is 24.3 Å². The number of hydrogen-bond donors (Lipinski definition) is 0. The summed E-state index contributed by atoms with van der Waals surface area (Å²) >= 11 is 0. The highest BCUT2D eigenvalue weighted by Crippen LogP contribution is 2.24. The molecule has 0 bridgehead atoms. The van der Waals surface area contributed by atoms with Crippen LogP contribution in [0.25, 0.3) is 11.3 Å². The first-order valence-electron chi connectivity index (χ1n) is 10.4. The maximum atomic E-state index is 13.9. The molecule has 0 N–H and O–H groups in total. The zero-order valence-electron chi connectivity index (χ0n) is 17.6. The molecule has 33 heavy (non-hydrogen) atoms. The molecule has 0 aliphatic carbocycles. The summed E-state index contributed by atoms with van der Waals surface area (Å²) in [5.74, 6) is 0.0690. The highest BCUT2D eigenvalue weighted by atomic mass is 32.2. The van der Waals surface area contributed by atoms with Crippen LogP contribution >= 0.6 is 0 Å². The van der Waals surface area contributed by atoms with E-state index in [1.54, 1.807) is 35.2 Å². The van der Waals surface area contributed by atoms with Gasteiger partial charge in [-0.2, -0.15) is 9.57 Å². The van der Waals surface area contributed by atoms with Crippen LogP contribution in [-0.2, 0) is 21.2 Å². The van der Waals surface area contributed by atoms with Gasteiger partial charge in [-0.05, 0) is 24.3 Å². The Bertz CT molecular complexity index is 1310. The Hall–Kier alpha value is -3.55. The topological polar surface area (TPSA) is 108 Å². The van der Waals surface area contributed by atoms with Gasteiger partial charge in [0, 0.05) is 39.0 Å². The third-order valence-electron chi connectivity index (χ3n) is 5.46. The van der Waals surface area contributed by atoms with E-state index in [0.29, 0.717) is 17.2 Å². The highest BCUT2D eigenvalue weighted by Gasteiger charge is 2.31. The lowest BCUT2D eigenvalue weighted by Crippen LogP contribution is -2.50. The molecule has 170 valence electrons. The highest BCUT2D eigenvalue weighted by molar-refractivity contribution is 7.89. The first-order chi connectivity index (χ1) is 15.9. The number of sulfonamides is 1. The molecule has 0 saturated carbocycles. The lowest BCUT2D eigenvalue weighted by atomic mass is 10.2. The Morgan fingerprint density at radius 3 is 2.52 bits per heavy atom. The van der Waals surface area contributed by atoms with Gasteiger partial charge in [0.15, 0.2) is 11.7 Å². The number of amides is 1. The van der Waals surface area contributed by atoms with E-state index in [1.807, 2.05) is 6.07 Å². The average molecular weight is 469 g/mol. The molecule has 2 aromatic carbocycles. The average Bonchev–Trinajstić information content (AvgIpc) is 3.31. The zero-order chi connectivity index (χ0) is 23.4. The van der Waals surface area contributed by atoms with Gasteiger partial charge in [-0.3, -0.25) is 4.79 Å². The second kappa shape index (κ2) is 9.52. The van der Waals surface area contributed by atoms with Crippen molar-refractivity contribution in [2.24, 2.45) is 0 Å². The zero-order valence-corrected chi connectivity index (χ0v) is 18.5. The van der Waals surface area contributed by atoms with Gasteiger partial charge >= 0.3 is 0 Å². The molecule has 0 radical (unpaired) electrons. The summed E-state index contributed by atoms with van der Waals surface area (Å²) in [4.78, 5) is 18.3. The van der Waals surface area contributed by atoms with E-state index >= 15 is 0 Å². The van der Waals surface area contributed by atoms with Gasteiger partial charge in [-0.15, -0.1) is 0 Å². The van der Waals surface area contributed by atoms with Gasteiger partial charge in [0.1, 0.15) is 11.9 Å². The van der Waals surface area contributed by atoms with Crippen molar-refractivity contribution >= 4 is 15.9 Å². The lowest BCUT2D eigenvalue weighted by Gasteiger charge is -2.34. The van der Waals surface area contributed by atoms with Crippen LogP contribution in [0.2, 0.25) is 0 Å². The Kier molecular flexibility index (Phi) is 6.53. The molecule has 10 heteroatoms. The van der Waals surface area contributed by atoms with Crippen molar-refractivity contribution in [2.45, 2.75) is 17.7 Å². The molecule has 3 aromatic rings. The Balaban J connectivity index is 1.33. The van der Waals surface area contributed by atoms with Gasteiger partial charge in [0.2, 0.25) is 15.9 Å². The fraction of sp³-hybridized carbons (Fsp3) is 0.261. The molecule has 1 aromatic heterocycles. The van der Waals surface area contributed by atoms with Crippen molar-refractivity contribution in [3.8, 4) is 17.4 Å². The third kappa shape index (κ3) is 4.79. The van der Waals surface area contributed by atoms with Crippen LogP contribution < -0.4 is 0 Å². The van der Waals surface area contributed by atoms with Crippen molar-refractivity contribution in [2.75, 3.05) is 26.2 Å². The monoisotopic (exact) mass is 468 g/mol. The summed E-state index contributed by atoms with van der Waals surface area (Å²) in [5.41, 5.74) is 0.398. The first-order valence-corrected chi connectivity index (χ1v) is 11.8. The van der Waals surface area contributed by atoms with Crippen molar-refractivity contribution in [3.05, 3.63) is 72.0 Å². The summed E-state index contributed by atoms with van der Waals surface area (Å²) in [6.45, 7) is 0.784. The molecule has 1 aliphatic heterocycles. The van der Waals surface area contributed by atoms with Crippen LogP contribution in [-0.4, -0.2) is 54.7 Å². The molecule has 1 fully saturated rings. The minimum Gasteiger partial charge on any atom is -0.441 e. The molecule has 1 saturated heterocycles. The largest absolute Gasteiger partial charge is 0.441 e. The van der Waals surface area contributed by atoms with Crippen LogP contribution in [0.1, 0.15) is 17.9 Å².